The predicted molar refractivity (Wildman–Crippen MR) is 158 cm³/mol. The lowest BCUT2D eigenvalue weighted by Crippen LogP contribution is -2.54. The van der Waals surface area contributed by atoms with Gasteiger partial charge in [0.15, 0.2) is 0 Å². The van der Waals surface area contributed by atoms with Crippen molar-refractivity contribution < 1.29 is 18.0 Å². The first-order chi connectivity index (χ1) is 18.3. The lowest BCUT2D eigenvalue weighted by molar-refractivity contribution is -0.140. The quantitative estimate of drug-likeness (QED) is 0.331. The minimum Gasteiger partial charge on any atom is -0.352 e. The number of anilines is 1. The maximum absolute atomic E-state index is 14.0. The molecular weight excluding hydrogens is 557 g/mol. The molecule has 1 N–H and O–H groups in total. The van der Waals surface area contributed by atoms with Gasteiger partial charge in [-0.05, 0) is 50.1 Å². The van der Waals surface area contributed by atoms with Crippen LogP contribution in [0, 0.1) is 6.92 Å². The van der Waals surface area contributed by atoms with Gasteiger partial charge in [-0.25, -0.2) is 8.42 Å². The van der Waals surface area contributed by atoms with Crippen molar-refractivity contribution in [1.82, 2.24) is 10.2 Å². The highest BCUT2D eigenvalue weighted by atomic mass is 35.5. The minimum atomic E-state index is -3.92. The summed E-state index contributed by atoms with van der Waals surface area (Å²) >= 11 is 12.3. The molecule has 0 bridgehead atoms. The van der Waals surface area contributed by atoms with Crippen molar-refractivity contribution in [1.29, 1.82) is 0 Å². The van der Waals surface area contributed by atoms with Gasteiger partial charge in [-0.2, -0.15) is 0 Å². The average molecular weight is 591 g/mol. The molecule has 0 unspecified atom stereocenters. The third-order valence-corrected chi connectivity index (χ3v) is 7.53. The zero-order valence-corrected chi connectivity index (χ0v) is 24.7. The van der Waals surface area contributed by atoms with Crippen LogP contribution in [0.15, 0.2) is 72.8 Å². The first kappa shape index (κ1) is 30.5. The summed E-state index contributed by atoms with van der Waals surface area (Å²) < 4.78 is 26.6. The SMILES string of the molecule is Cc1cccc(CN(C(=O)CN(c2cc(Cl)cc(Cl)c2)S(C)(=O)=O)[C@@H](Cc2ccccc2)C(=O)NC(C)C)c1. The van der Waals surface area contributed by atoms with Crippen LogP contribution in [0.2, 0.25) is 10.0 Å². The second-order valence-corrected chi connectivity index (χ2v) is 12.6. The van der Waals surface area contributed by atoms with E-state index in [1.165, 1.54) is 23.1 Å². The zero-order chi connectivity index (χ0) is 28.7. The van der Waals surface area contributed by atoms with Gasteiger partial charge in [-0.1, -0.05) is 83.4 Å². The maximum atomic E-state index is 14.0. The van der Waals surface area contributed by atoms with E-state index in [0.717, 1.165) is 27.3 Å². The zero-order valence-electron chi connectivity index (χ0n) is 22.4. The molecule has 0 radical (unpaired) electrons. The fourth-order valence-electron chi connectivity index (χ4n) is 4.24. The molecule has 0 aliphatic rings. The van der Waals surface area contributed by atoms with Crippen LogP contribution in [0.4, 0.5) is 5.69 Å². The molecule has 0 saturated heterocycles. The van der Waals surface area contributed by atoms with Crippen LogP contribution in [0.3, 0.4) is 0 Å². The van der Waals surface area contributed by atoms with Crippen molar-refractivity contribution in [2.45, 2.75) is 45.8 Å². The summed E-state index contributed by atoms with van der Waals surface area (Å²) in [7, 11) is -3.92. The van der Waals surface area contributed by atoms with Crippen LogP contribution in [0.1, 0.15) is 30.5 Å². The number of benzene rings is 3. The highest BCUT2D eigenvalue weighted by Gasteiger charge is 2.33. The molecule has 0 aliphatic heterocycles. The molecule has 1 atom stereocenters. The van der Waals surface area contributed by atoms with Gasteiger partial charge in [0.05, 0.1) is 11.9 Å². The third-order valence-electron chi connectivity index (χ3n) is 5.95. The number of hydrogen-bond acceptors (Lipinski definition) is 4. The monoisotopic (exact) mass is 589 g/mol. The van der Waals surface area contributed by atoms with E-state index < -0.39 is 28.5 Å². The Balaban J connectivity index is 2.07. The van der Waals surface area contributed by atoms with Gasteiger partial charge in [0.1, 0.15) is 12.6 Å². The number of aryl methyl sites for hydroxylation is 1. The fourth-order valence-corrected chi connectivity index (χ4v) is 5.59. The molecule has 208 valence electrons. The van der Waals surface area contributed by atoms with Crippen molar-refractivity contribution in [3.05, 3.63) is 99.5 Å². The Labute approximate surface area is 240 Å². The highest BCUT2D eigenvalue weighted by Crippen LogP contribution is 2.27. The number of sulfonamides is 1. The summed E-state index contributed by atoms with van der Waals surface area (Å²) in [6.45, 7) is 5.20. The van der Waals surface area contributed by atoms with E-state index in [0.29, 0.717) is 0 Å². The van der Waals surface area contributed by atoms with Crippen LogP contribution < -0.4 is 9.62 Å². The second-order valence-electron chi connectivity index (χ2n) is 9.78. The third kappa shape index (κ3) is 8.98. The summed E-state index contributed by atoms with van der Waals surface area (Å²) in [5, 5.41) is 3.39. The Morgan fingerprint density at radius 3 is 2.08 bits per heavy atom. The van der Waals surface area contributed by atoms with Gasteiger partial charge in [0.2, 0.25) is 21.8 Å². The number of halogens is 2. The number of rotatable bonds is 11. The Morgan fingerprint density at radius 1 is 0.897 bits per heavy atom. The number of nitrogens with one attached hydrogen (secondary N) is 1. The molecule has 7 nitrogen and oxygen atoms in total. The summed E-state index contributed by atoms with van der Waals surface area (Å²) in [5.74, 6) is -0.871. The number of carbonyl (C=O) groups is 2. The topological polar surface area (TPSA) is 86.8 Å². The second kappa shape index (κ2) is 13.3. The van der Waals surface area contributed by atoms with Gasteiger partial charge >= 0.3 is 0 Å². The van der Waals surface area contributed by atoms with E-state index in [4.69, 9.17) is 23.2 Å². The Kier molecular flexibility index (Phi) is 10.4. The van der Waals surface area contributed by atoms with E-state index in [9.17, 15) is 18.0 Å². The van der Waals surface area contributed by atoms with Gasteiger partial charge < -0.3 is 10.2 Å². The molecule has 0 saturated carbocycles. The molecule has 0 aromatic heterocycles. The van der Waals surface area contributed by atoms with E-state index in [-0.39, 0.29) is 40.6 Å². The minimum absolute atomic E-state index is 0.109. The molecule has 0 heterocycles. The molecule has 3 aromatic carbocycles. The normalized spacial score (nSPS) is 12.2. The summed E-state index contributed by atoms with van der Waals surface area (Å²) in [6, 6.07) is 20.3. The molecule has 3 rings (SSSR count). The maximum Gasteiger partial charge on any atom is 0.244 e. The van der Waals surface area contributed by atoms with E-state index in [1.54, 1.807) is 0 Å². The van der Waals surface area contributed by atoms with Gasteiger partial charge in [-0.15, -0.1) is 0 Å². The first-order valence-corrected chi connectivity index (χ1v) is 15.1. The highest BCUT2D eigenvalue weighted by molar-refractivity contribution is 7.92. The standard InChI is InChI=1S/C29H33Cl2N3O4S/c1-20(2)32-29(36)27(14-22-10-6-5-7-11-22)33(18-23-12-8-9-21(3)13-23)28(35)19-34(39(4,37)38)26-16-24(30)15-25(31)17-26/h5-13,15-17,20,27H,14,18-19H2,1-4H3,(H,32,36)/t27-/m0/s1. The number of carbonyl (C=O) groups excluding carboxylic acids is 2. The molecule has 3 aromatic rings. The van der Waals surface area contributed by atoms with Crippen molar-refractivity contribution in [3.63, 3.8) is 0 Å². The van der Waals surface area contributed by atoms with Crippen LogP contribution >= 0.6 is 23.2 Å². The molecule has 0 aliphatic carbocycles. The Hall–Kier alpha value is -3.07. The van der Waals surface area contributed by atoms with Crippen molar-refractivity contribution in [3.8, 4) is 0 Å². The number of hydrogen-bond donors (Lipinski definition) is 1. The Morgan fingerprint density at radius 2 is 1.51 bits per heavy atom. The lowest BCUT2D eigenvalue weighted by Gasteiger charge is -2.34. The smallest absolute Gasteiger partial charge is 0.244 e. The fraction of sp³-hybridized carbons (Fsp3) is 0.310. The molecule has 39 heavy (non-hydrogen) atoms. The number of amides is 2. The molecule has 2 amide bonds. The largest absolute Gasteiger partial charge is 0.352 e. The van der Waals surface area contributed by atoms with Gasteiger partial charge in [0.25, 0.3) is 0 Å². The van der Waals surface area contributed by atoms with E-state index >= 15 is 0 Å². The molecule has 0 spiro atoms. The summed E-state index contributed by atoms with van der Waals surface area (Å²) in [5.41, 5.74) is 2.84. The van der Waals surface area contributed by atoms with Gasteiger partial charge in [0, 0.05) is 29.1 Å². The van der Waals surface area contributed by atoms with E-state index in [2.05, 4.69) is 5.32 Å². The van der Waals surface area contributed by atoms with Crippen molar-refractivity contribution >= 4 is 50.7 Å². The molecule has 10 heteroatoms. The predicted octanol–water partition coefficient (Wildman–Crippen LogP) is 5.23. The van der Waals surface area contributed by atoms with Crippen molar-refractivity contribution in [2.24, 2.45) is 0 Å². The van der Waals surface area contributed by atoms with Crippen LogP contribution in [-0.2, 0) is 32.6 Å². The average Bonchev–Trinajstić information content (AvgIpc) is 2.83. The summed E-state index contributed by atoms with van der Waals surface area (Å²) in [6.07, 6.45) is 1.26. The van der Waals surface area contributed by atoms with Crippen LogP contribution in [0.25, 0.3) is 0 Å². The van der Waals surface area contributed by atoms with Gasteiger partial charge in [-0.3, -0.25) is 13.9 Å². The molecule has 0 fully saturated rings. The van der Waals surface area contributed by atoms with E-state index in [1.807, 2.05) is 75.4 Å². The Bertz CT molecular complexity index is 1390. The first-order valence-electron chi connectivity index (χ1n) is 12.5. The molecular formula is C29H33Cl2N3O4S. The van der Waals surface area contributed by atoms with Crippen molar-refractivity contribution in [2.75, 3.05) is 17.1 Å². The number of nitrogens with zero attached hydrogens (tertiary/aromatic N) is 2. The lowest BCUT2D eigenvalue weighted by atomic mass is 10.0. The van der Waals surface area contributed by atoms with Crippen LogP contribution in [-0.4, -0.2) is 50.0 Å². The summed E-state index contributed by atoms with van der Waals surface area (Å²) in [4.78, 5) is 29.0. The van der Waals surface area contributed by atoms with Crippen LogP contribution in [0.5, 0.6) is 0 Å².